The van der Waals surface area contributed by atoms with Crippen LogP contribution in [0.3, 0.4) is 0 Å². The molecule has 2 fully saturated rings. The van der Waals surface area contributed by atoms with Crippen molar-refractivity contribution in [3.05, 3.63) is 0 Å². The summed E-state index contributed by atoms with van der Waals surface area (Å²) in [6.07, 6.45) is 0.362. The maximum absolute atomic E-state index is 11.2. The summed E-state index contributed by atoms with van der Waals surface area (Å²) in [5, 5.41) is 2.33. The molecule has 1 spiro atoms. The van der Waals surface area contributed by atoms with Crippen LogP contribution in [0.4, 0.5) is 0 Å². The molecular weight excluding hydrogens is 182 g/mol. The zero-order valence-electron chi connectivity index (χ0n) is 5.75. The van der Waals surface area contributed by atoms with E-state index in [0.29, 0.717) is 6.42 Å². The van der Waals surface area contributed by atoms with E-state index < -0.39 is 4.08 Å². The van der Waals surface area contributed by atoms with Crippen molar-refractivity contribution in [1.29, 1.82) is 0 Å². The van der Waals surface area contributed by atoms with E-state index in [0.717, 1.165) is 11.5 Å². The van der Waals surface area contributed by atoms with Crippen molar-refractivity contribution in [2.24, 2.45) is 0 Å². The number of rotatable bonds is 0. The topological polar surface area (TPSA) is 46.2 Å². The van der Waals surface area contributed by atoms with E-state index in [9.17, 15) is 9.59 Å². The van der Waals surface area contributed by atoms with E-state index >= 15 is 0 Å². The third-order valence-electron chi connectivity index (χ3n) is 1.75. The minimum atomic E-state index is -0.447. The molecular formula is C6H7NO2S2. The summed E-state index contributed by atoms with van der Waals surface area (Å²) in [4.78, 5) is 22.1. The molecule has 0 radical (unpaired) electrons. The average Bonchev–Trinajstić information content (AvgIpc) is 2.45. The monoisotopic (exact) mass is 189 g/mol. The van der Waals surface area contributed by atoms with Crippen LogP contribution in [0.5, 0.6) is 0 Å². The van der Waals surface area contributed by atoms with E-state index in [4.69, 9.17) is 0 Å². The molecule has 2 aliphatic rings. The molecule has 0 unspecified atom stereocenters. The number of imide groups is 1. The Bertz CT molecular complexity index is 223. The van der Waals surface area contributed by atoms with Crippen molar-refractivity contribution < 1.29 is 9.59 Å². The standard InChI is InChI=1S/C6H7NO2S2/c8-4-3-6(5(9)7-4)10-1-2-11-6/h1-3H2,(H,7,8,9). The normalized spacial score (nSPS) is 28.0. The van der Waals surface area contributed by atoms with Crippen molar-refractivity contribution in [2.75, 3.05) is 11.5 Å². The van der Waals surface area contributed by atoms with Crippen molar-refractivity contribution in [2.45, 2.75) is 10.5 Å². The van der Waals surface area contributed by atoms with Crippen molar-refractivity contribution in [3.63, 3.8) is 0 Å². The Hall–Kier alpha value is -0.160. The zero-order chi connectivity index (χ0) is 7.90. The van der Waals surface area contributed by atoms with Gasteiger partial charge >= 0.3 is 0 Å². The molecule has 2 rings (SSSR count). The Morgan fingerprint density at radius 1 is 1.27 bits per heavy atom. The van der Waals surface area contributed by atoms with Crippen LogP contribution in [0.1, 0.15) is 6.42 Å². The van der Waals surface area contributed by atoms with Gasteiger partial charge in [-0.15, -0.1) is 23.5 Å². The largest absolute Gasteiger partial charge is 0.294 e. The van der Waals surface area contributed by atoms with Crippen molar-refractivity contribution in [1.82, 2.24) is 5.32 Å². The SMILES string of the molecule is O=C1CC2(SCCS2)C(=O)N1. The Labute approximate surface area is 72.7 Å². The lowest BCUT2D eigenvalue weighted by atomic mass is 10.3. The molecule has 0 aliphatic carbocycles. The lowest BCUT2D eigenvalue weighted by Crippen LogP contribution is -2.29. The first-order chi connectivity index (χ1) is 5.23. The zero-order valence-corrected chi connectivity index (χ0v) is 7.39. The number of nitrogens with one attached hydrogen (secondary N) is 1. The van der Waals surface area contributed by atoms with Crippen LogP contribution in [0.25, 0.3) is 0 Å². The molecule has 2 amide bonds. The lowest BCUT2D eigenvalue weighted by molar-refractivity contribution is -0.124. The minimum absolute atomic E-state index is 0.102. The molecule has 3 nitrogen and oxygen atoms in total. The van der Waals surface area contributed by atoms with Gasteiger partial charge in [0.1, 0.15) is 4.08 Å². The Kier molecular flexibility index (Phi) is 1.64. The third kappa shape index (κ3) is 1.06. The molecule has 5 heteroatoms. The summed E-state index contributed by atoms with van der Waals surface area (Å²) in [6, 6.07) is 0. The minimum Gasteiger partial charge on any atom is -0.294 e. The molecule has 0 aromatic rings. The fourth-order valence-corrected chi connectivity index (χ4v) is 4.24. The summed E-state index contributed by atoms with van der Waals surface area (Å²) in [7, 11) is 0. The van der Waals surface area contributed by atoms with Gasteiger partial charge in [-0.2, -0.15) is 0 Å². The highest BCUT2D eigenvalue weighted by Gasteiger charge is 2.50. The second-order valence-corrected chi connectivity index (χ2v) is 5.55. The van der Waals surface area contributed by atoms with Gasteiger partial charge in [-0.25, -0.2) is 0 Å². The Balaban J connectivity index is 2.24. The smallest absolute Gasteiger partial charge is 0.253 e. The van der Waals surface area contributed by atoms with Gasteiger partial charge in [0.2, 0.25) is 5.91 Å². The summed E-state index contributed by atoms with van der Waals surface area (Å²) in [6.45, 7) is 0. The van der Waals surface area contributed by atoms with Gasteiger partial charge in [-0.3, -0.25) is 14.9 Å². The first kappa shape index (κ1) is 7.49. The molecule has 2 heterocycles. The number of carbonyl (C=O) groups excluding carboxylic acids is 2. The van der Waals surface area contributed by atoms with Crippen LogP contribution in [-0.4, -0.2) is 27.4 Å². The number of hydrogen-bond donors (Lipinski definition) is 1. The van der Waals surface area contributed by atoms with Gasteiger partial charge < -0.3 is 0 Å². The lowest BCUT2D eigenvalue weighted by Gasteiger charge is -2.14. The van der Waals surface area contributed by atoms with Gasteiger partial charge in [-0.1, -0.05) is 0 Å². The van der Waals surface area contributed by atoms with Crippen LogP contribution >= 0.6 is 23.5 Å². The predicted octanol–water partition coefficient (Wildman–Crippen LogP) is 0.209. The highest BCUT2D eigenvalue weighted by molar-refractivity contribution is 8.22. The first-order valence-electron chi connectivity index (χ1n) is 3.35. The van der Waals surface area contributed by atoms with Crippen LogP contribution in [-0.2, 0) is 9.59 Å². The molecule has 11 heavy (non-hydrogen) atoms. The van der Waals surface area contributed by atoms with E-state index in [2.05, 4.69) is 5.32 Å². The van der Waals surface area contributed by atoms with E-state index in [-0.39, 0.29) is 11.8 Å². The molecule has 60 valence electrons. The molecule has 2 saturated heterocycles. The molecule has 0 saturated carbocycles. The molecule has 1 N–H and O–H groups in total. The molecule has 0 aromatic heterocycles. The first-order valence-corrected chi connectivity index (χ1v) is 5.32. The van der Waals surface area contributed by atoms with Crippen LogP contribution in [0.15, 0.2) is 0 Å². The second-order valence-electron chi connectivity index (χ2n) is 2.50. The fraction of sp³-hybridized carbons (Fsp3) is 0.667. The van der Waals surface area contributed by atoms with E-state index in [1.165, 1.54) is 0 Å². The molecule has 2 aliphatic heterocycles. The number of thioether (sulfide) groups is 2. The van der Waals surface area contributed by atoms with Gasteiger partial charge in [-0.05, 0) is 0 Å². The second kappa shape index (κ2) is 2.42. The highest BCUT2D eigenvalue weighted by Crippen LogP contribution is 2.48. The average molecular weight is 189 g/mol. The summed E-state index contributed by atoms with van der Waals surface area (Å²) in [5.74, 6) is 1.73. The summed E-state index contributed by atoms with van der Waals surface area (Å²) >= 11 is 3.19. The molecule has 0 aromatic carbocycles. The number of amides is 2. The van der Waals surface area contributed by atoms with Crippen LogP contribution in [0.2, 0.25) is 0 Å². The van der Waals surface area contributed by atoms with Gasteiger partial charge in [0.25, 0.3) is 5.91 Å². The van der Waals surface area contributed by atoms with Gasteiger partial charge in [0.05, 0.1) is 6.42 Å². The number of carbonyl (C=O) groups is 2. The maximum atomic E-state index is 11.2. The maximum Gasteiger partial charge on any atom is 0.253 e. The van der Waals surface area contributed by atoms with Crippen molar-refractivity contribution in [3.8, 4) is 0 Å². The van der Waals surface area contributed by atoms with E-state index in [1.54, 1.807) is 23.5 Å². The summed E-state index contributed by atoms with van der Waals surface area (Å²) < 4.78 is -0.447. The van der Waals surface area contributed by atoms with Crippen molar-refractivity contribution >= 4 is 35.3 Å². The van der Waals surface area contributed by atoms with Crippen LogP contribution in [0, 0.1) is 0 Å². The Morgan fingerprint density at radius 3 is 2.36 bits per heavy atom. The molecule has 0 atom stereocenters. The van der Waals surface area contributed by atoms with Gasteiger partial charge in [0, 0.05) is 11.5 Å². The third-order valence-corrected chi connectivity index (χ3v) is 5.12. The van der Waals surface area contributed by atoms with Crippen LogP contribution < -0.4 is 5.32 Å². The van der Waals surface area contributed by atoms with Gasteiger partial charge in [0.15, 0.2) is 0 Å². The van der Waals surface area contributed by atoms with E-state index in [1.807, 2.05) is 0 Å². The molecule has 0 bridgehead atoms. The predicted molar refractivity (Wildman–Crippen MR) is 45.4 cm³/mol. The quantitative estimate of drug-likeness (QED) is 0.553. The summed E-state index contributed by atoms with van der Waals surface area (Å²) in [5.41, 5.74) is 0. The highest BCUT2D eigenvalue weighted by atomic mass is 32.2. The Morgan fingerprint density at radius 2 is 1.91 bits per heavy atom. The fourth-order valence-electron chi connectivity index (χ4n) is 1.25. The number of hydrogen-bond acceptors (Lipinski definition) is 4.